The third-order valence-corrected chi connectivity index (χ3v) is 3.60. The van der Waals surface area contributed by atoms with Gasteiger partial charge in [0.15, 0.2) is 0 Å². The number of amides is 2. The van der Waals surface area contributed by atoms with E-state index in [0.29, 0.717) is 13.1 Å². The fourth-order valence-electron chi connectivity index (χ4n) is 2.52. The predicted molar refractivity (Wildman–Crippen MR) is 76.6 cm³/mol. The van der Waals surface area contributed by atoms with Crippen LogP contribution in [0.1, 0.15) is 30.4 Å². The van der Waals surface area contributed by atoms with E-state index in [9.17, 15) is 4.79 Å². The Morgan fingerprint density at radius 1 is 1.26 bits per heavy atom. The van der Waals surface area contributed by atoms with Gasteiger partial charge in [0.25, 0.3) is 0 Å². The normalized spacial score (nSPS) is 15.4. The number of piperidine rings is 1. The summed E-state index contributed by atoms with van der Waals surface area (Å²) < 4.78 is 0. The first-order chi connectivity index (χ1) is 9.20. The van der Waals surface area contributed by atoms with Crippen molar-refractivity contribution in [2.75, 3.05) is 20.1 Å². The molecule has 0 unspecified atom stereocenters. The Morgan fingerprint density at radius 3 is 2.63 bits per heavy atom. The monoisotopic (exact) mass is 261 g/mol. The van der Waals surface area contributed by atoms with Gasteiger partial charge in [0.05, 0.1) is 0 Å². The Morgan fingerprint density at radius 2 is 1.95 bits per heavy atom. The van der Waals surface area contributed by atoms with Crippen LogP contribution in [0.25, 0.3) is 0 Å². The highest BCUT2D eigenvalue weighted by Crippen LogP contribution is 2.13. The van der Waals surface area contributed by atoms with E-state index < -0.39 is 0 Å². The van der Waals surface area contributed by atoms with Crippen molar-refractivity contribution in [3.8, 4) is 0 Å². The number of nitrogens with two attached hydrogens (primary N) is 1. The van der Waals surface area contributed by atoms with Gasteiger partial charge in [-0.1, -0.05) is 24.3 Å². The highest BCUT2D eigenvalue weighted by Gasteiger charge is 2.19. The molecule has 1 heterocycles. The lowest BCUT2D eigenvalue weighted by Crippen LogP contribution is -2.43. The van der Waals surface area contributed by atoms with Gasteiger partial charge in [-0.15, -0.1) is 0 Å². The van der Waals surface area contributed by atoms with E-state index in [0.717, 1.165) is 37.1 Å². The molecule has 19 heavy (non-hydrogen) atoms. The van der Waals surface area contributed by atoms with Gasteiger partial charge in [-0.05, 0) is 30.4 Å². The minimum absolute atomic E-state index is 0.137. The van der Waals surface area contributed by atoms with E-state index in [1.807, 2.05) is 30.1 Å². The zero-order chi connectivity index (χ0) is 13.7. The maximum Gasteiger partial charge on any atom is 0.320 e. The molecule has 1 aromatic rings. The quantitative estimate of drug-likeness (QED) is 0.906. The van der Waals surface area contributed by atoms with E-state index in [1.54, 1.807) is 4.90 Å². The summed E-state index contributed by atoms with van der Waals surface area (Å²) in [6.07, 6.45) is 3.50. The van der Waals surface area contributed by atoms with Gasteiger partial charge in [-0.3, -0.25) is 0 Å². The molecule has 2 N–H and O–H groups in total. The Labute approximate surface area is 115 Å². The lowest BCUT2D eigenvalue weighted by Gasteiger charge is -2.31. The number of hydrogen-bond donors (Lipinski definition) is 1. The number of urea groups is 1. The number of rotatable bonds is 3. The predicted octanol–water partition coefficient (Wildman–Crippen LogP) is 2.18. The number of carbonyl (C=O) groups excluding carboxylic acids is 1. The topological polar surface area (TPSA) is 49.6 Å². The molecule has 0 bridgehead atoms. The largest absolute Gasteiger partial charge is 0.326 e. The van der Waals surface area contributed by atoms with Crippen molar-refractivity contribution in [1.82, 2.24) is 9.80 Å². The van der Waals surface area contributed by atoms with Crippen LogP contribution in [-0.4, -0.2) is 36.0 Å². The van der Waals surface area contributed by atoms with Crippen molar-refractivity contribution >= 4 is 6.03 Å². The summed E-state index contributed by atoms with van der Waals surface area (Å²) in [6, 6.07) is 8.25. The molecule has 0 atom stereocenters. The Balaban J connectivity index is 1.95. The number of benzene rings is 1. The zero-order valence-electron chi connectivity index (χ0n) is 11.6. The van der Waals surface area contributed by atoms with E-state index >= 15 is 0 Å². The van der Waals surface area contributed by atoms with Crippen LogP contribution < -0.4 is 5.73 Å². The minimum atomic E-state index is 0.137. The van der Waals surface area contributed by atoms with Crippen molar-refractivity contribution in [3.05, 3.63) is 35.4 Å². The SMILES string of the molecule is CN(Cc1cccc(CN)c1)C(=O)N1CCCCC1. The molecule has 1 aromatic carbocycles. The van der Waals surface area contributed by atoms with Crippen LogP contribution in [0, 0.1) is 0 Å². The molecular weight excluding hydrogens is 238 g/mol. The van der Waals surface area contributed by atoms with Crippen LogP contribution in [-0.2, 0) is 13.1 Å². The lowest BCUT2D eigenvalue weighted by atomic mass is 10.1. The molecule has 1 aliphatic rings. The minimum Gasteiger partial charge on any atom is -0.326 e. The van der Waals surface area contributed by atoms with Crippen molar-refractivity contribution in [3.63, 3.8) is 0 Å². The molecular formula is C15H23N3O. The summed E-state index contributed by atoms with van der Waals surface area (Å²) >= 11 is 0. The summed E-state index contributed by atoms with van der Waals surface area (Å²) in [5, 5.41) is 0. The summed E-state index contributed by atoms with van der Waals surface area (Å²) in [4.78, 5) is 16.0. The second-order valence-corrected chi connectivity index (χ2v) is 5.21. The first-order valence-electron chi connectivity index (χ1n) is 6.98. The molecule has 4 nitrogen and oxygen atoms in total. The lowest BCUT2D eigenvalue weighted by molar-refractivity contribution is 0.151. The molecule has 1 aliphatic heterocycles. The second-order valence-electron chi connectivity index (χ2n) is 5.21. The third kappa shape index (κ3) is 3.70. The van der Waals surface area contributed by atoms with E-state index in [4.69, 9.17) is 5.73 Å². The van der Waals surface area contributed by atoms with Gasteiger partial charge in [0.2, 0.25) is 0 Å². The van der Waals surface area contributed by atoms with Crippen molar-refractivity contribution in [2.24, 2.45) is 5.73 Å². The molecule has 4 heteroatoms. The van der Waals surface area contributed by atoms with Gasteiger partial charge < -0.3 is 15.5 Å². The highest BCUT2D eigenvalue weighted by atomic mass is 16.2. The van der Waals surface area contributed by atoms with Crippen molar-refractivity contribution in [2.45, 2.75) is 32.4 Å². The smallest absolute Gasteiger partial charge is 0.320 e. The summed E-state index contributed by atoms with van der Waals surface area (Å²) in [5.74, 6) is 0. The highest BCUT2D eigenvalue weighted by molar-refractivity contribution is 5.74. The van der Waals surface area contributed by atoms with Crippen LogP contribution >= 0.6 is 0 Å². The zero-order valence-corrected chi connectivity index (χ0v) is 11.6. The van der Waals surface area contributed by atoms with Gasteiger partial charge >= 0.3 is 6.03 Å². The standard InChI is InChI=1S/C15H23N3O/c1-17(15(19)18-8-3-2-4-9-18)12-14-7-5-6-13(10-14)11-16/h5-7,10H,2-4,8-9,11-12,16H2,1H3. The maximum atomic E-state index is 12.3. The number of carbonyl (C=O) groups is 1. The summed E-state index contributed by atoms with van der Waals surface area (Å²) in [7, 11) is 1.87. The molecule has 1 fully saturated rings. The first-order valence-corrected chi connectivity index (χ1v) is 6.98. The Bertz CT molecular complexity index is 427. The third-order valence-electron chi connectivity index (χ3n) is 3.60. The fourth-order valence-corrected chi connectivity index (χ4v) is 2.52. The molecule has 0 saturated carbocycles. The molecule has 0 aliphatic carbocycles. The average molecular weight is 261 g/mol. The Kier molecular flexibility index (Phi) is 4.80. The van der Waals surface area contributed by atoms with Gasteiger partial charge in [0, 0.05) is 33.2 Å². The fraction of sp³-hybridized carbons (Fsp3) is 0.533. The van der Waals surface area contributed by atoms with Crippen LogP contribution in [0.2, 0.25) is 0 Å². The molecule has 104 valence electrons. The number of nitrogens with zero attached hydrogens (tertiary/aromatic N) is 2. The van der Waals surface area contributed by atoms with Crippen LogP contribution in [0.4, 0.5) is 4.79 Å². The van der Waals surface area contributed by atoms with Crippen LogP contribution in [0.3, 0.4) is 0 Å². The maximum absolute atomic E-state index is 12.3. The van der Waals surface area contributed by atoms with Crippen LogP contribution in [0.15, 0.2) is 24.3 Å². The summed E-state index contributed by atoms with van der Waals surface area (Å²) in [6.45, 7) is 2.97. The number of hydrogen-bond acceptors (Lipinski definition) is 2. The molecule has 0 radical (unpaired) electrons. The molecule has 0 aromatic heterocycles. The second kappa shape index (κ2) is 6.57. The van der Waals surface area contributed by atoms with Gasteiger partial charge in [-0.2, -0.15) is 0 Å². The van der Waals surface area contributed by atoms with Gasteiger partial charge in [-0.25, -0.2) is 4.79 Å². The molecule has 2 rings (SSSR count). The number of likely N-dealkylation sites (tertiary alicyclic amines) is 1. The molecule has 1 saturated heterocycles. The van der Waals surface area contributed by atoms with Crippen LogP contribution in [0.5, 0.6) is 0 Å². The van der Waals surface area contributed by atoms with E-state index in [1.165, 1.54) is 6.42 Å². The van der Waals surface area contributed by atoms with E-state index in [2.05, 4.69) is 6.07 Å². The molecule has 2 amide bonds. The van der Waals surface area contributed by atoms with Gasteiger partial charge in [0.1, 0.15) is 0 Å². The van der Waals surface area contributed by atoms with Crippen molar-refractivity contribution in [1.29, 1.82) is 0 Å². The summed E-state index contributed by atoms with van der Waals surface area (Å²) in [5.41, 5.74) is 7.88. The van der Waals surface area contributed by atoms with Crippen molar-refractivity contribution < 1.29 is 4.79 Å². The van der Waals surface area contributed by atoms with E-state index in [-0.39, 0.29) is 6.03 Å². The molecule has 0 spiro atoms. The first kappa shape index (κ1) is 13.9. The Hall–Kier alpha value is -1.55. The average Bonchev–Trinajstić information content (AvgIpc) is 2.47.